The van der Waals surface area contributed by atoms with E-state index in [0.717, 1.165) is 10.8 Å². The van der Waals surface area contributed by atoms with Crippen molar-refractivity contribution in [2.75, 3.05) is 0 Å². The van der Waals surface area contributed by atoms with E-state index in [1.165, 1.54) is 24.3 Å². The topological polar surface area (TPSA) is 30.0 Å². The van der Waals surface area contributed by atoms with Gasteiger partial charge in [0, 0.05) is 23.3 Å². The van der Waals surface area contributed by atoms with E-state index in [2.05, 4.69) is 4.98 Å². The maximum atomic E-state index is 13.0. The summed E-state index contributed by atoms with van der Waals surface area (Å²) in [5.41, 5.74) is 1.68. The zero-order chi connectivity index (χ0) is 16.1. The highest BCUT2D eigenvalue weighted by Crippen LogP contribution is 2.16. The molecule has 112 valence electrons. The number of aldehydes is 1. The fourth-order valence-electron chi connectivity index (χ4n) is 1.96. The molecule has 0 radical (unpaired) electrons. The minimum absolute atomic E-state index is 0.159. The number of benzene rings is 2. The monoisotopic (exact) mass is 299 g/mol. The highest BCUT2D eigenvalue weighted by molar-refractivity contribution is 5.82. The smallest absolute Gasteiger partial charge is 0.150 e. The average molecular weight is 299 g/mol. The number of carbonyl (C=O) groups is 1. The fourth-order valence-corrected chi connectivity index (χ4v) is 1.96. The maximum Gasteiger partial charge on any atom is 0.150 e. The summed E-state index contributed by atoms with van der Waals surface area (Å²) >= 11 is 0. The van der Waals surface area contributed by atoms with Crippen molar-refractivity contribution in [2.24, 2.45) is 0 Å². The third kappa shape index (κ3) is 3.73. The first-order valence-electron chi connectivity index (χ1n) is 6.72. The van der Waals surface area contributed by atoms with E-state index >= 15 is 0 Å². The molecule has 0 unspecified atom stereocenters. The van der Waals surface area contributed by atoms with E-state index in [1.54, 1.807) is 38.4 Å². The molecular weight excluding hydrogens is 284 g/mol. The largest absolute Gasteiger partial charge is 0.298 e. The molecule has 0 amide bonds. The molecule has 1 heterocycles. The Morgan fingerprint density at radius 3 is 2.32 bits per heavy atom. The molecule has 0 N–H and O–H groups in total. The van der Waals surface area contributed by atoms with Gasteiger partial charge in [0.1, 0.15) is 17.9 Å². The molecule has 0 fully saturated rings. The Bertz CT molecular complexity index is 775. The number of carbonyl (C=O) groups excluding carboxylic acids is 1. The van der Waals surface area contributed by atoms with Crippen LogP contribution in [0.15, 0.2) is 48.8 Å². The third-order valence-electron chi connectivity index (χ3n) is 3.24. The molecule has 0 spiro atoms. The summed E-state index contributed by atoms with van der Waals surface area (Å²) in [6.07, 6.45) is 4.10. The Hall–Kier alpha value is -2.62. The maximum absolute atomic E-state index is 13.0. The number of halogens is 2. The van der Waals surface area contributed by atoms with Crippen LogP contribution in [0.1, 0.15) is 21.5 Å². The van der Waals surface area contributed by atoms with Crippen molar-refractivity contribution in [3.8, 4) is 0 Å². The molecule has 1 aromatic heterocycles. The molecule has 4 heteroatoms. The van der Waals surface area contributed by atoms with E-state index in [1.807, 2.05) is 0 Å². The first-order chi connectivity index (χ1) is 10.5. The van der Waals surface area contributed by atoms with Crippen molar-refractivity contribution in [3.63, 3.8) is 0 Å². The first kappa shape index (κ1) is 15.8. The van der Waals surface area contributed by atoms with Crippen LogP contribution < -0.4 is 0 Å². The van der Waals surface area contributed by atoms with E-state index in [0.29, 0.717) is 23.0 Å². The summed E-state index contributed by atoms with van der Waals surface area (Å²) in [6, 6.07) is 9.40. The lowest BCUT2D eigenvalue weighted by Crippen LogP contribution is -1.84. The Kier molecular flexibility index (Phi) is 4.94. The molecule has 0 aliphatic heterocycles. The molecule has 0 bridgehead atoms. The molecule has 2 nitrogen and oxygen atoms in total. The number of fused-ring (bicyclic) bond motifs is 1. The lowest BCUT2D eigenvalue weighted by atomic mass is 10.1. The molecule has 3 rings (SSSR count). The third-order valence-corrected chi connectivity index (χ3v) is 3.24. The number of rotatable bonds is 1. The Morgan fingerprint density at radius 2 is 1.64 bits per heavy atom. The Morgan fingerprint density at radius 1 is 0.909 bits per heavy atom. The van der Waals surface area contributed by atoms with Crippen LogP contribution in [0, 0.1) is 25.5 Å². The quantitative estimate of drug-likeness (QED) is 0.613. The van der Waals surface area contributed by atoms with Crippen molar-refractivity contribution in [1.82, 2.24) is 4.98 Å². The van der Waals surface area contributed by atoms with Gasteiger partial charge in [-0.05, 0) is 66.8 Å². The predicted octanol–water partition coefficient (Wildman–Crippen LogP) is 4.63. The van der Waals surface area contributed by atoms with E-state index < -0.39 is 0 Å². The zero-order valence-corrected chi connectivity index (χ0v) is 12.3. The van der Waals surface area contributed by atoms with Crippen LogP contribution in [0.4, 0.5) is 8.78 Å². The molecule has 0 aliphatic carbocycles. The van der Waals surface area contributed by atoms with Gasteiger partial charge in [-0.2, -0.15) is 0 Å². The lowest BCUT2D eigenvalue weighted by Gasteiger charge is -1.99. The van der Waals surface area contributed by atoms with E-state index in [9.17, 15) is 13.6 Å². The Labute approximate surface area is 127 Å². The van der Waals surface area contributed by atoms with Gasteiger partial charge in [-0.25, -0.2) is 8.78 Å². The number of pyridine rings is 1. The Balaban J connectivity index is 0.000000164. The SMILES string of the molecule is Cc1cc(C=O)ccc1F.Cc1cc2cnccc2cc1F. The van der Waals surface area contributed by atoms with Crippen molar-refractivity contribution in [3.05, 3.63) is 77.1 Å². The van der Waals surface area contributed by atoms with Gasteiger partial charge in [-0.15, -0.1) is 0 Å². The summed E-state index contributed by atoms with van der Waals surface area (Å²) in [4.78, 5) is 14.1. The van der Waals surface area contributed by atoms with Gasteiger partial charge >= 0.3 is 0 Å². The van der Waals surface area contributed by atoms with E-state index in [4.69, 9.17) is 0 Å². The summed E-state index contributed by atoms with van der Waals surface area (Å²) in [7, 11) is 0. The number of hydrogen-bond donors (Lipinski definition) is 0. The molecule has 0 saturated heterocycles. The van der Waals surface area contributed by atoms with Crippen LogP contribution >= 0.6 is 0 Å². The number of aromatic nitrogens is 1. The summed E-state index contributed by atoms with van der Waals surface area (Å²) in [6.45, 7) is 3.38. The first-order valence-corrected chi connectivity index (χ1v) is 6.72. The van der Waals surface area contributed by atoms with Crippen LogP contribution in [-0.4, -0.2) is 11.3 Å². The second-order valence-corrected chi connectivity index (χ2v) is 4.95. The minimum atomic E-state index is -0.273. The minimum Gasteiger partial charge on any atom is -0.298 e. The summed E-state index contributed by atoms with van der Waals surface area (Å²) in [5.74, 6) is -0.431. The van der Waals surface area contributed by atoms with Crippen molar-refractivity contribution in [2.45, 2.75) is 13.8 Å². The highest BCUT2D eigenvalue weighted by atomic mass is 19.1. The molecule has 0 saturated carbocycles. The highest BCUT2D eigenvalue weighted by Gasteiger charge is 1.99. The molecule has 2 aromatic carbocycles. The van der Waals surface area contributed by atoms with Crippen LogP contribution in [-0.2, 0) is 0 Å². The van der Waals surface area contributed by atoms with Gasteiger partial charge in [0.15, 0.2) is 0 Å². The number of aryl methyl sites for hydroxylation is 2. The van der Waals surface area contributed by atoms with Crippen molar-refractivity contribution in [1.29, 1.82) is 0 Å². The van der Waals surface area contributed by atoms with Gasteiger partial charge in [-0.1, -0.05) is 0 Å². The zero-order valence-electron chi connectivity index (χ0n) is 12.3. The van der Waals surface area contributed by atoms with Gasteiger partial charge in [0.25, 0.3) is 0 Å². The standard InChI is InChI=1S/C10H8FN.C8H7FO/c1-7-4-9-6-12-3-2-8(9)5-10(7)11;1-6-4-7(5-10)2-3-8(6)9/h2-6H,1H3;2-5H,1H3. The van der Waals surface area contributed by atoms with Crippen molar-refractivity contribution < 1.29 is 13.6 Å². The summed E-state index contributed by atoms with van der Waals surface area (Å²) < 4.78 is 25.5. The molecule has 0 atom stereocenters. The average Bonchev–Trinajstić information content (AvgIpc) is 2.52. The van der Waals surface area contributed by atoms with Crippen molar-refractivity contribution >= 4 is 17.1 Å². The normalized spacial score (nSPS) is 10.0. The van der Waals surface area contributed by atoms with Crippen LogP contribution in [0.2, 0.25) is 0 Å². The molecule has 0 aliphatic rings. The predicted molar refractivity (Wildman–Crippen MR) is 83.0 cm³/mol. The summed E-state index contributed by atoms with van der Waals surface area (Å²) in [5, 5.41) is 1.88. The second-order valence-electron chi connectivity index (χ2n) is 4.95. The fraction of sp³-hybridized carbons (Fsp3) is 0.111. The van der Waals surface area contributed by atoms with Crippen LogP contribution in [0.5, 0.6) is 0 Å². The molecule has 22 heavy (non-hydrogen) atoms. The lowest BCUT2D eigenvalue weighted by molar-refractivity contribution is 0.112. The molecule has 3 aromatic rings. The van der Waals surface area contributed by atoms with Crippen LogP contribution in [0.25, 0.3) is 10.8 Å². The van der Waals surface area contributed by atoms with E-state index in [-0.39, 0.29) is 11.6 Å². The molecular formula is C18H15F2NO. The number of nitrogens with zero attached hydrogens (tertiary/aromatic N) is 1. The van der Waals surface area contributed by atoms with Crippen LogP contribution in [0.3, 0.4) is 0 Å². The second kappa shape index (κ2) is 6.89. The van der Waals surface area contributed by atoms with Gasteiger partial charge in [0.2, 0.25) is 0 Å². The van der Waals surface area contributed by atoms with Gasteiger partial charge < -0.3 is 0 Å². The number of hydrogen-bond acceptors (Lipinski definition) is 2. The van der Waals surface area contributed by atoms with Gasteiger partial charge in [-0.3, -0.25) is 9.78 Å². The van der Waals surface area contributed by atoms with Gasteiger partial charge in [0.05, 0.1) is 0 Å².